The summed E-state index contributed by atoms with van der Waals surface area (Å²) in [5, 5.41) is 10.9. The summed E-state index contributed by atoms with van der Waals surface area (Å²) in [5.41, 5.74) is -0.739. The molecule has 0 bridgehead atoms. The highest BCUT2D eigenvalue weighted by Crippen LogP contribution is 2.33. The molecule has 1 amide bonds. The van der Waals surface area contributed by atoms with Crippen molar-refractivity contribution in [2.24, 2.45) is 5.92 Å². The Morgan fingerprint density at radius 1 is 1.43 bits per heavy atom. The molecular formula is C11H10F2N2O5S. The fourth-order valence-corrected chi connectivity index (χ4v) is 3.06. The molecule has 0 saturated carbocycles. The zero-order valence-electron chi connectivity index (χ0n) is 10.5. The number of anilines is 1. The number of benzene rings is 1. The number of rotatable bonds is 4. The second kappa shape index (κ2) is 5.35. The Kier molecular flexibility index (Phi) is 3.90. The molecule has 10 heteroatoms. The van der Waals surface area contributed by atoms with E-state index in [1.54, 1.807) is 0 Å². The average Bonchev–Trinajstić information content (AvgIpc) is 2.66. The highest BCUT2D eigenvalue weighted by Gasteiger charge is 2.36. The largest absolute Gasteiger partial charge is 0.306 e. The summed E-state index contributed by atoms with van der Waals surface area (Å²) in [5.74, 6) is -3.06. The highest BCUT2D eigenvalue weighted by atomic mass is 32.3. The Hall–Kier alpha value is -2.10. The van der Waals surface area contributed by atoms with Gasteiger partial charge in [-0.2, -0.15) is 8.42 Å². The summed E-state index contributed by atoms with van der Waals surface area (Å²) < 4.78 is 47.1. The summed E-state index contributed by atoms with van der Waals surface area (Å²) in [7, 11) is -4.76. The SMILES string of the molecule is O=C1CC(CS(=O)(=O)F)CN1c1cc(F)ccc1[N+](=O)[O-]. The number of carbonyl (C=O) groups is 1. The normalized spacial score (nSPS) is 19.0. The van der Waals surface area contributed by atoms with Gasteiger partial charge in [0.25, 0.3) is 5.69 Å². The summed E-state index contributed by atoms with van der Waals surface area (Å²) in [4.78, 5) is 22.9. The molecule has 1 aliphatic heterocycles. The molecule has 114 valence electrons. The van der Waals surface area contributed by atoms with Gasteiger partial charge in [0.05, 0.1) is 10.7 Å². The van der Waals surface area contributed by atoms with E-state index in [2.05, 4.69) is 0 Å². The number of nitrogens with zero attached hydrogens (tertiary/aromatic N) is 2. The van der Waals surface area contributed by atoms with Gasteiger partial charge in [-0.15, -0.1) is 3.89 Å². The number of carbonyl (C=O) groups excluding carboxylic acids is 1. The van der Waals surface area contributed by atoms with Crippen LogP contribution in [0.25, 0.3) is 0 Å². The van der Waals surface area contributed by atoms with Gasteiger partial charge >= 0.3 is 10.2 Å². The molecule has 1 aliphatic rings. The monoisotopic (exact) mass is 320 g/mol. The van der Waals surface area contributed by atoms with Crippen LogP contribution in [0.1, 0.15) is 6.42 Å². The molecular weight excluding hydrogens is 310 g/mol. The lowest BCUT2D eigenvalue weighted by Gasteiger charge is -2.16. The highest BCUT2D eigenvalue weighted by molar-refractivity contribution is 7.86. The van der Waals surface area contributed by atoms with Crippen molar-refractivity contribution in [2.75, 3.05) is 17.2 Å². The molecule has 1 heterocycles. The first-order valence-electron chi connectivity index (χ1n) is 5.84. The van der Waals surface area contributed by atoms with Crippen LogP contribution >= 0.6 is 0 Å². The van der Waals surface area contributed by atoms with Gasteiger partial charge in [-0.05, 0) is 6.07 Å². The maximum atomic E-state index is 13.2. The van der Waals surface area contributed by atoms with Gasteiger partial charge < -0.3 is 4.90 Å². The Balaban J connectivity index is 2.33. The van der Waals surface area contributed by atoms with Crippen LogP contribution in [0.5, 0.6) is 0 Å². The summed E-state index contributed by atoms with van der Waals surface area (Å²) in [6, 6.07) is 2.62. The number of amides is 1. The third-order valence-electron chi connectivity index (χ3n) is 3.06. The van der Waals surface area contributed by atoms with Crippen molar-refractivity contribution < 1.29 is 26.4 Å². The molecule has 0 radical (unpaired) electrons. The molecule has 1 saturated heterocycles. The first-order chi connectivity index (χ1) is 9.67. The first kappa shape index (κ1) is 15.3. The van der Waals surface area contributed by atoms with Gasteiger partial charge in [-0.25, -0.2) is 4.39 Å². The van der Waals surface area contributed by atoms with Crippen LogP contribution in [0.15, 0.2) is 18.2 Å². The van der Waals surface area contributed by atoms with E-state index >= 15 is 0 Å². The van der Waals surface area contributed by atoms with Crippen LogP contribution in [-0.2, 0) is 15.0 Å². The predicted octanol–water partition coefficient (Wildman–Crippen LogP) is 1.39. The van der Waals surface area contributed by atoms with Gasteiger partial charge in [0.2, 0.25) is 5.91 Å². The Labute approximate surface area is 118 Å². The fourth-order valence-electron chi connectivity index (χ4n) is 2.27. The average molecular weight is 320 g/mol. The number of nitro groups is 1. The lowest BCUT2D eigenvalue weighted by molar-refractivity contribution is -0.384. The molecule has 0 N–H and O–H groups in total. The summed E-state index contributed by atoms with van der Waals surface area (Å²) >= 11 is 0. The lowest BCUT2D eigenvalue weighted by atomic mass is 10.1. The molecule has 1 aromatic rings. The third-order valence-corrected chi connectivity index (χ3v) is 3.93. The van der Waals surface area contributed by atoms with E-state index < -0.39 is 44.2 Å². The Bertz CT molecular complexity index is 707. The van der Waals surface area contributed by atoms with E-state index in [4.69, 9.17) is 0 Å². The van der Waals surface area contributed by atoms with Gasteiger partial charge in [0, 0.05) is 31.0 Å². The van der Waals surface area contributed by atoms with Crippen LogP contribution in [0.4, 0.5) is 19.7 Å². The van der Waals surface area contributed by atoms with Gasteiger partial charge in [-0.1, -0.05) is 0 Å². The fraction of sp³-hybridized carbons (Fsp3) is 0.364. The zero-order valence-corrected chi connectivity index (χ0v) is 11.3. The smallest absolute Gasteiger partial charge is 0.302 e. The topological polar surface area (TPSA) is 97.6 Å². The Morgan fingerprint density at radius 3 is 2.67 bits per heavy atom. The number of hydrogen-bond donors (Lipinski definition) is 0. The van der Waals surface area contributed by atoms with Crippen LogP contribution in [-0.4, -0.2) is 31.5 Å². The van der Waals surface area contributed by atoms with Crippen molar-refractivity contribution >= 4 is 27.5 Å². The molecule has 0 spiro atoms. The van der Waals surface area contributed by atoms with Crippen molar-refractivity contribution in [3.63, 3.8) is 0 Å². The molecule has 7 nitrogen and oxygen atoms in total. The van der Waals surface area contributed by atoms with Crippen LogP contribution < -0.4 is 4.90 Å². The van der Waals surface area contributed by atoms with Gasteiger partial charge in [0.15, 0.2) is 0 Å². The number of halogens is 2. The standard InChI is InChI=1S/C11H10F2N2O5S/c12-8-1-2-9(15(17)18)10(4-8)14-5-7(3-11(14)16)6-21(13,19)20/h1-2,4,7H,3,5-6H2. The number of nitro benzene ring substituents is 1. The quantitative estimate of drug-likeness (QED) is 0.474. The summed E-state index contributed by atoms with van der Waals surface area (Å²) in [6.45, 7) is -0.216. The van der Waals surface area contributed by atoms with Crippen LogP contribution in [0, 0.1) is 21.8 Å². The van der Waals surface area contributed by atoms with Crippen molar-refractivity contribution in [3.8, 4) is 0 Å². The van der Waals surface area contributed by atoms with Crippen molar-refractivity contribution in [2.45, 2.75) is 6.42 Å². The van der Waals surface area contributed by atoms with Crippen LogP contribution in [0.3, 0.4) is 0 Å². The van der Waals surface area contributed by atoms with E-state index in [-0.39, 0.29) is 18.7 Å². The minimum atomic E-state index is -4.76. The molecule has 1 atom stereocenters. The zero-order chi connectivity index (χ0) is 15.8. The second-order valence-electron chi connectivity index (χ2n) is 4.67. The third kappa shape index (κ3) is 3.51. The van der Waals surface area contributed by atoms with Crippen molar-refractivity contribution in [3.05, 3.63) is 34.1 Å². The molecule has 0 aromatic heterocycles. The molecule has 0 aliphatic carbocycles. The van der Waals surface area contributed by atoms with E-state index in [1.165, 1.54) is 0 Å². The first-order valence-corrected chi connectivity index (χ1v) is 7.39. The summed E-state index contributed by atoms with van der Waals surface area (Å²) in [6.07, 6.45) is -0.267. The molecule has 2 rings (SSSR count). The molecule has 1 fully saturated rings. The maximum absolute atomic E-state index is 13.2. The van der Waals surface area contributed by atoms with E-state index in [0.717, 1.165) is 23.1 Å². The Morgan fingerprint density at radius 2 is 2.10 bits per heavy atom. The molecule has 1 unspecified atom stereocenters. The molecule has 1 aromatic carbocycles. The van der Waals surface area contributed by atoms with E-state index in [1.807, 2.05) is 0 Å². The lowest BCUT2D eigenvalue weighted by Crippen LogP contribution is -2.26. The molecule has 21 heavy (non-hydrogen) atoms. The maximum Gasteiger partial charge on any atom is 0.302 e. The number of hydrogen-bond acceptors (Lipinski definition) is 5. The predicted molar refractivity (Wildman–Crippen MR) is 68.4 cm³/mol. The van der Waals surface area contributed by atoms with Crippen LogP contribution in [0.2, 0.25) is 0 Å². The minimum absolute atomic E-state index is 0.216. The van der Waals surface area contributed by atoms with Gasteiger partial charge in [0.1, 0.15) is 11.5 Å². The van der Waals surface area contributed by atoms with Gasteiger partial charge in [-0.3, -0.25) is 14.9 Å². The van der Waals surface area contributed by atoms with E-state index in [0.29, 0.717) is 0 Å². The minimum Gasteiger partial charge on any atom is -0.306 e. The van der Waals surface area contributed by atoms with Crippen molar-refractivity contribution in [1.82, 2.24) is 0 Å². The second-order valence-corrected chi connectivity index (χ2v) is 6.08. The van der Waals surface area contributed by atoms with Crippen molar-refractivity contribution in [1.29, 1.82) is 0 Å². The van der Waals surface area contributed by atoms with E-state index in [9.17, 15) is 31.6 Å².